The monoisotopic (exact) mass is 208 g/mol. The lowest BCUT2D eigenvalue weighted by Gasteiger charge is -2.46. The predicted octanol–water partition coefficient (Wildman–Crippen LogP) is 4.13. The number of hydrogen-bond donors (Lipinski definition) is 0. The Balaban J connectivity index is 2.08. The SMILES string of the molecule is C=C(C)CC1(C)CC(CCCCC=O)C1. The van der Waals surface area contributed by atoms with Crippen LogP contribution in [0.1, 0.15) is 58.8 Å². The number of carbonyl (C=O) groups excluding carboxylic acids is 1. The zero-order chi connectivity index (χ0) is 11.3. The second-order valence-electron chi connectivity index (χ2n) is 5.67. The molecule has 0 aromatic rings. The minimum absolute atomic E-state index is 0.543. The maximum absolute atomic E-state index is 10.1. The molecule has 0 radical (unpaired) electrons. The highest BCUT2D eigenvalue weighted by molar-refractivity contribution is 5.48. The fourth-order valence-corrected chi connectivity index (χ4v) is 3.07. The Kier molecular flexibility index (Phi) is 4.56. The van der Waals surface area contributed by atoms with Crippen LogP contribution in [0, 0.1) is 11.3 Å². The molecular weight excluding hydrogens is 184 g/mol. The lowest BCUT2D eigenvalue weighted by molar-refractivity contribution is -0.108. The number of allylic oxidation sites excluding steroid dienone is 1. The zero-order valence-electron chi connectivity index (χ0n) is 10.2. The average molecular weight is 208 g/mol. The van der Waals surface area contributed by atoms with Crippen molar-refractivity contribution in [2.45, 2.75) is 58.8 Å². The Hall–Kier alpha value is -0.590. The van der Waals surface area contributed by atoms with Gasteiger partial charge in [0.1, 0.15) is 6.29 Å². The molecule has 0 aromatic carbocycles. The van der Waals surface area contributed by atoms with E-state index in [-0.39, 0.29) is 0 Å². The number of hydrogen-bond acceptors (Lipinski definition) is 1. The van der Waals surface area contributed by atoms with Crippen LogP contribution >= 0.6 is 0 Å². The van der Waals surface area contributed by atoms with Crippen LogP contribution in [0.4, 0.5) is 0 Å². The highest BCUT2D eigenvalue weighted by Crippen LogP contribution is 2.50. The van der Waals surface area contributed by atoms with Crippen LogP contribution in [0.5, 0.6) is 0 Å². The van der Waals surface area contributed by atoms with Gasteiger partial charge in [0, 0.05) is 6.42 Å². The maximum Gasteiger partial charge on any atom is 0.119 e. The van der Waals surface area contributed by atoms with Crippen molar-refractivity contribution in [3.63, 3.8) is 0 Å². The smallest absolute Gasteiger partial charge is 0.119 e. The molecular formula is C14H24O. The number of unbranched alkanes of at least 4 members (excludes halogenated alkanes) is 2. The first-order chi connectivity index (χ1) is 7.06. The quantitative estimate of drug-likeness (QED) is 0.349. The van der Waals surface area contributed by atoms with Crippen LogP contribution in [-0.4, -0.2) is 6.29 Å². The molecule has 1 rings (SSSR count). The van der Waals surface area contributed by atoms with Crippen molar-refractivity contribution in [2.24, 2.45) is 11.3 Å². The van der Waals surface area contributed by atoms with E-state index in [1.165, 1.54) is 37.7 Å². The second-order valence-corrected chi connectivity index (χ2v) is 5.67. The van der Waals surface area contributed by atoms with E-state index in [9.17, 15) is 4.79 Å². The topological polar surface area (TPSA) is 17.1 Å². The first-order valence-corrected chi connectivity index (χ1v) is 6.14. The largest absolute Gasteiger partial charge is 0.303 e. The van der Waals surface area contributed by atoms with E-state index in [1.54, 1.807) is 0 Å². The van der Waals surface area contributed by atoms with Crippen LogP contribution in [-0.2, 0) is 4.79 Å². The molecule has 1 nitrogen and oxygen atoms in total. The summed E-state index contributed by atoms with van der Waals surface area (Å²) in [6, 6.07) is 0. The molecule has 0 bridgehead atoms. The van der Waals surface area contributed by atoms with Gasteiger partial charge in [0.05, 0.1) is 0 Å². The number of rotatable bonds is 7. The first kappa shape index (κ1) is 12.5. The van der Waals surface area contributed by atoms with E-state index in [0.29, 0.717) is 5.41 Å². The number of carbonyl (C=O) groups is 1. The van der Waals surface area contributed by atoms with Gasteiger partial charge >= 0.3 is 0 Å². The second kappa shape index (κ2) is 5.48. The summed E-state index contributed by atoms with van der Waals surface area (Å²) in [5.74, 6) is 0.918. The summed E-state index contributed by atoms with van der Waals surface area (Å²) >= 11 is 0. The highest BCUT2D eigenvalue weighted by atomic mass is 16.1. The van der Waals surface area contributed by atoms with Crippen molar-refractivity contribution < 1.29 is 4.79 Å². The molecule has 0 amide bonds. The molecule has 0 heterocycles. The molecule has 1 aliphatic rings. The van der Waals surface area contributed by atoms with E-state index in [0.717, 1.165) is 25.0 Å². The van der Waals surface area contributed by atoms with Crippen molar-refractivity contribution in [2.75, 3.05) is 0 Å². The van der Waals surface area contributed by atoms with E-state index in [2.05, 4.69) is 20.4 Å². The fraction of sp³-hybridized carbons (Fsp3) is 0.786. The van der Waals surface area contributed by atoms with Gasteiger partial charge in [0.2, 0.25) is 0 Å². The van der Waals surface area contributed by atoms with Gasteiger partial charge in [0.15, 0.2) is 0 Å². The summed E-state index contributed by atoms with van der Waals surface area (Å²) in [6.07, 6.45) is 9.32. The van der Waals surface area contributed by atoms with Gasteiger partial charge in [-0.15, -0.1) is 6.58 Å². The van der Waals surface area contributed by atoms with Crippen molar-refractivity contribution in [1.29, 1.82) is 0 Å². The third-order valence-electron chi connectivity index (χ3n) is 3.48. The zero-order valence-corrected chi connectivity index (χ0v) is 10.2. The summed E-state index contributed by atoms with van der Waals surface area (Å²) in [4.78, 5) is 10.1. The molecule has 0 aliphatic heterocycles. The third kappa shape index (κ3) is 4.19. The molecule has 1 saturated carbocycles. The lowest BCUT2D eigenvalue weighted by Crippen LogP contribution is -2.34. The normalized spacial score (nSPS) is 29.6. The molecule has 0 N–H and O–H groups in total. The Labute approximate surface area is 93.9 Å². The predicted molar refractivity (Wildman–Crippen MR) is 64.8 cm³/mol. The minimum Gasteiger partial charge on any atom is -0.303 e. The molecule has 1 aliphatic carbocycles. The van der Waals surface area contributed by atoms with Gasteiger partial charge in [-0.3, -0.25) is 0 Å². The van der Waals surface area contributed by atoms with Crippen LogP contribution in [0.25, 0.3) is 0 Å². The Morgan fingerprint density at radius 2 is 2.13 bits per heavy atom. The van der Waals surface area contributed by atoms with Crippen LogP contribution < -0.4 is 0 Å². The van der Waals surface area contributed by atoms with Crippen molar-refractivity contribution >= 4 is 6.29 Å². The molecule has 0 spiro atoms. The molecule has 0 aromatic heterocycles. The van der Waals surface area contributed by atoms with Gasteiger partial charge < -0.3 is 4.79 Å². The molecule has 0 saturated heterocycles. The molecule has 86 valence electrons. The van der Waals surface area contributed by atoms with Gasteiger partial charge in [-0.1, -0.05) is 25.3 Å². The van der Waals surface area contributed by atoms with Crippen LogP contribution in [0.15, 0.2) is 12.2 Å². The van der Waals surface area contributed by atoms with E-state index in [1.807, 2.05) is 0 Å². The Morgan fingerprint density at radius 1 is 1.47 bits per heavy atom. The van der Waals surface area contributed by atoms with Gasteiger partial charge in [-0.2, -0.15) is 0 Å². The fourth-order valence-electron chi connectivity index (χ4n) is 3.07. The third-order valence-corrected chi connectivity index (χ3v) is 3.48. The molecule has 1 fully saturated rings. The average Bonchev–Trinajstić information content (AvgIpc) is 2.08. The first-order valence-electron chi connectivity index (χ1n) is 6.14. The lowest BCUT2D eigenvalue weighted by atomic mass is 9.59. The van der Waals surface area contributed by atoms with E-state index in [4.69, 9.17) is 0 Å². The molecule has 1 heteroatoms. The number of aldehydes is 1. The maximum atomic E-state index is 10.1. The highest BCUT2D eigenvalue weighted by Gasteiger charge is 2.38. The van der Waals surface area contributed by atoms with E-state index >= 15 is 0 Å². The Bertz CT molecular complexity index is 223. The molecule has 15 heavy (non-hydrogen) atoms. The van der Waals surface area contributed by atoms with E-state index < -0.39 is 0 Å². The van der Waals surface area contributed by atoms with Gasteiger partial charge in [0.25, 0.3) is 0 Å². The van der Waals surface area contributed by atoms with Crippen molar-refractivity contribution in [3.05, 3.63) is 12.2 Å². The summed E-state index contributed by atoms with van der Waals surface area (Å²) in [5, 5.41) is 0. The summed E-state index contributed by atoms with van der Waals surface area (Å²) in [7, 11) is 0. The summed E-state index contributed by atoms with van der Waals surface area (Å²) in [6.45, 7) is 8.50. The standard InChI is InChI=1S/C14H24O/c1-12(2)9-14(3)10-13(11-14)7-5-4-6-8-15/h8,13H,1,4-7,9-11H2,2-3H3. The van der Waals surface area contributed by atoms with Crippen LogP contribution in [0.3, 0.4) is 0 Å². The molecule has 0 unspecified atom stereocenters. The Morgan fingerprint density at radius 3 is 2.67 bits per heavy atom. The van der Waals surface area contributed by atoms with Gasteiger partial charge in [-0.05, 0) is 43.9 Å². The van der Waals surface area contributed by atoms with Crippen LogP contribution in [0.2, 0.25) is 0 Å². The van der Waals surface area contributed by atoms with Gasteiger partial charge in [-0.25, -0.2) is 0 Å². The van der Waals surface area contributed by atoms with Crippen molar-refractivity contribution in [1.82, 2.24) is 0 Å². The van der Waals surface area contributed by atoms with Crippen molar-refractivity contribution in [3.8, 4) is 0 Å². The summed E-state index contributed by atoms with van der Waals surface area (Å²) < 4.78 is 0. The molecule has 0 atom stereocenters. The summed E-state index contributed by atoms with van der Waals surface area (Å²) in [5.41, 5.74) is 1.86. The minimum atomic E-state index is 0.543.